The van der Waals surface area contributed by atoms with Crippen LogP contribution in [0.15, 0.2) is 23.1 Å². The van der Waals surface area contributed by atoms with Crippen LogP contribution in [0.2, 0.25) is 0 Å². The fourth-order valence-electron chi connectivity index (χ4n) is 1.53. The van der Waals surface area contributed by atoms with Crippen molar-refractivity contribution in [3.05, 3.63) is 18.2 Å². The molecule has 0 heterocycles. The van der Waals surface area contributed by atoms with Crippen LogP contribution in [0, 0.1) is 0 Å². The van der Waals surface area contributed by atoms with E-state index in [0.29, 0.717) is 18.6 Å². The first kappa shape index (κ1) is 15.7. The zero-order valence-corrected chi connectivity index (χ0v) is 11.9. The van der Waals surface area contributed by atoms with Crippen molar-refractivity contribution in [2.45, 2.75) is 30.8 Å². The van der Waals surface area contributed by atoms with Gasteiger partial charge in [-0.25, -0.2) is 13.1 Å². The first-order valence-electron chi connectivity index (χ1n) is 6.02. The molecular formula is C12H20N2O4S. The first-order valence-corrected chi connectivity index (χ1v) is 7.50. The summed E-state index contributed by atoms with van der Waals surface area (Å²) in [5.41, 5.74) is 5.93. The van der Waals surface area contributed by atoms with Crippen molar-refractivity contribution in [2.75, 3.05) is 19.4 Å². The number of nitrogens with two attached hydrogens (primary N) is 1. The minimum absolute atomic E-state index is 0.0804. The van der Waals surface area contributed by atoms with Crippen LogP contribution in [0.1, 0.15) is 19.8 Å². The van der Waals surface area contributed by atoms with Gasteiger partial charge in [-0.2, -0.15) is 0 Å². The van der Waals surface area contributed by atoms with E-state index in [0.717, 1.165) is 0 Å². The Morgan fingerprint density at radius 3 is 2.68 bits per heavy atom. The number of ether oxygens (including phenoxy) is 1. The van der Waals surface area contributed by atoms with Gasteiger partial charge in [0.15, 0.2) is 0 Å². The molecule has 1 rings (SSSR count). The third-order valence-corrected chi connectivity index (χ3v) is 4.21. The Kier molecular flexibility index (Phi) is 5.59. The summed E-state index contributed by atoms with van der Waals surface area (Å²) >= 11 is 0. The van der Waals surface area contributed by atoms with Crippen LogP contribution < -0.4 is 15.2 Å². The summed E-state index contributed by atoms with van der Waals surface area (Å²) in [5, 5.41) is 9.37. The highest BCUT2D eigenvalue weighted by Gasteiger charge is 2.15. The normalized spacial score (nSPS) is 13.2. The number of anilines is 1. The largest absolute Gasteiger partial charge is 0.495 e. The summed E-state index contributed by atoms with van der Waals surface area (Å²) in [6.07, 6.45) is 0.474. The molecule has 0 saturated carbocycles. The molecule has 1 aromatic carbocycles. The van der Waals surface area contributed by atoms with Gasteiger partial charge < -0.3 is 15.6 Å². The summed E-state index contributed by atoms with van der Waals surface area (Å²) in [4.78, 5) is 0.0804. The smallest absolute Gasteiger partial charge is 0.240 e. The number of benzene rings is 1. The highest BCUT2D eigenvalue weighted by Crippen LogP contribution is 2.24. The Labute approximate surface area is 113 Å². The molecule has 1 aromatic rings. The third kappa shape index (κ3) is 4.38. The van der Waals surface area contributed by atoms with E-state index in [2.05, 4.69) is 4.72 Å². The van der Waals surface area contributed by atoms with Crippen LogP contribution in [0.4, 0.5) is 5.69 Å². The molecule has 0 bridgehead atoms. The number of methoxy groups -OCH3 is 1. The van der Waals surface area contributed by atoms with Crippen LogP contribution >= 0.6 is 0 Å². The molecule has 0 aromatic heterocycles. The van der Waals surface area contributed by atoms with E-state index in [9.17, 15) is 13.5 Å². The lowest BCUT2D eigenvalue weighted by molar-refractivity contribution is 0.162. The molecule has 7 heteroatoms. The van der Waals surface area contributed by atoms with E-state index in [1.807, 2.05) is 6.92 Å². The van der Waals surface area contributed by atoms with Gasteiger partial charge in [-0.1, -0.05) is 6.92 Å². The number of aliphatic hydroxyl groups excluding tert-OH is 1. The van der Waals surface area contributed by atoms with E-state index < -0.39 is 16.1 Å². The summed E-state index contributed by atoms with van der Waals surface area (Å²) in [7, 11) is -2.15. The molecule has 0 aliphatic rings. The van der Waals surface area contributed by atoms with Gasteiger partial charge in [0, 0.05) is 6.54 Å². The van der Waals surface area contributed by atoms with Crippen molar-refractivity contribution >= 4 is 15.7 Å². The summed E-state index contributed by atoms with van der Waals surface area (Å²) < 4.78 is 31.3. The SMILES string of the molecule is CCC(O)CCNS(=O)(=O)c1ccc(OC)c(N)c1. The molecular weight excluding hydrogens is 268 g/mol. The molecule has 0 saturated heterocycles. The van der Waals surface area contributed by atoms with Gasteiger partial charge in [0.05, 0.1) is 23.8 Å². The quantitative estimate of drug-likeness (QED) is 0.642. The Hall–Kier alpha value is -1.31. The van der Waals surface area contributed by atoms with Crippen LogP contribution in [0.25, 0.3) is 0 Å². The lowest BCUT2D eigenvalue weighted by atomic mass is 10.2. The summed E-state index contributed by atoms with van der Waals surface area (Å²) in [5.74, 6) is 0.431. The third-order valence-electron chi connectivity index (χ3n) is 2.75. The molecule has 0 aliphatic heterocycles. The molecule has 19 heavy (non-hydrogen) atoms. The molecule has 0 aliphatic carbocycles. The topological polar surface area (TPSA) is 102 Å². The van der Waals surface area contributed by atoms with Crippen molar-refractivity contribution in [2.24, 2.45) is 0 Å². The Morgan fingerprint density at radius 2 is 2.16 bits per heavy atom. The second-order valence-electron chi connectivity index (χ2n) is 4.15. The fourth-order valence-corrected chi connectivity index (χ4v) is 2.61. The number of hydrogen-bond donors (Lipinski definition) is 3. The number of rotatable bonds is 7. The van der Waals surface area contributed by atoms with E-state index in [4.69, 9.17) is 10.5 Å². The van der Waals surface area contributed by atoms with Crippen LogP contribution in [-0.4, -0.2) is 33.3 Å². The van der Waals surface area contributed by atoms with Gasteiger partial charge in [-0.3, -0.25) is 0 Å². The van der Waals surface area contributed by atoms with Gasteiger partial charge in [-0.05, 0) is 31.0 Å². The Bertz CT molecular complexity index is 516. The van der Waals surface area contributed by atoms with Gasteiger partial charge in [0.2, 0.25) is 10.0 Å². The monoisotopic (exact) mass is 288 g/mol. The molecule has 0 amide bonds. The van der Waals surface area contributed by atoms with E-state index >= 15 is 0 Å². The molecule has 1 unspecified atom stereocenters. The minimum atomic E-state index is -3.61. The van der Waals surface area contributed by atoms with Crippen molar-refractivity contribution < 1.29 is 18.3 Å². The van der Waals surface area contributed by atoms with Gasteiger partial charge in [0.1, 0.15) is 5.75 Å². The number of nitrogen functional groups attached to an aromatic ring is 1. The number of sulfonamides is 1. The van der Waals surface area contributed by atoms with Gasteiger partial charge >= 0.3 is 0 Å². The Balaban J connectivity index is 2.75. The second kappa shape index (κ2) is 6.74. The van der Waals surface area contributed by atoms with E-state index in [1.165, 1.54) is 25.3 Å². The van der Waals surface area contributed by atoms with Gasteiger partial charge in [-0.15, -0.1) is 0 Å². The maximum atomic E-state index is 12.0. The zero-order valence-electron chi connectivity index (χ0n) is 11.1. The van der Waals surface area contributed by atoms with Gasteiger partial charge in [0.25, 0.3) is 0 Å². The minimum Gasteiger partial charge on any atom is -0.495 e. The molecule has 6 nitrogen and oxygen atoms in total. The van der Waals surface area contributed by atoms with Crippen LogP contribution in [0.5, 0.6) is 5.75 Å². The maximum Gasteiger partial charge on any atom is 0.240 e. The lowest BCUT2D eigenvalue weighted by Crippen LogP contribution is -2.27. The number of hydrogen-bond acceptors (Lipinski definition) is 5. The first-order chi connectivity index (χ1) is 8.90. The maximum absolute atomic E-state index is 12.0. The molecule has 4 N–H and O–H groups in total. The summed E-state index contributed by atoms with van der Waals surface area (Å²) in [6.45, 7) is 2.02. The van der Waals surface area contributed by atoms with E-state index in [-0.39, 0.29) is 17.1 Å². The molecule has 0 radical (unpaired) electrons. The number of nitrogens with one attached hydrogen (secondary N) is 1. The van der Waals surface area contributed by atoms with Crippen molar-refractivity contribution in [3.63, 3.8) is 0 Å². The molecule has 0 spiro atoms. The second-order valence-corrected chi connectivity index (χ2v) is 5.92. The highest BCUT2D eigenvalue weighted by molar-refractivity contribution is 7.89. The van der Waals surface area contributed by atoms with Crippen molar-refractivity contribution in [1.82, 2.24) is 4.72 Å². The molecule has 1 atom stereocenters. The summed E-state index contributed by atoms with van der Waals surface area (Å²) in [6, 6.07) is 4.27. The van der Waals surface area contributed by atoms with Crippen LogP contribution in [-0.2, 0) is 10.0 Å². The van der Waals surface area contributed by atoms with Crippen LogP contribution in [0.3, 0.4) is 0 Å². The van der Waals surface area contributed by atoms with Crippen molar-refractivity contribution in [3.8, 4) is 5.75 Å². The predicted octanol–water partition coefficient (Wildman–Crippen LogP) is 0.717. The number of aliphatic hydroxyl groups is 1. The van der Waals surface area contributed by atoms with E-state index in [1.54, 1.807) is 0 Å². The average molecular weight is 288 g/mol. The zero-order chi connectivity index (χ0) is 14.5. The standard InChI is InChI=1S/C12H20N2O4S/c1-3-9(15)6-7-14-19(16,17)10-4-5-12(18-2)11(13)8-10/h4-5,8-9,14-15H,3,6-7,13H2,1-2H3. The Morgan fingerprint density at radius 1 is 1.47 bits per heavy atom. The predicted molar refractivity (Wildman–Crippen MR) is 73.5 cm³/mol. The lowest BCUT2D eigenvalue weighted by Gasteiger charge is -2.11. The molecule has 0 fully saturated rings. The average Bonchev–Trinajstić information content (AvgIpc) is 2.38. The highest BCUT2D eigenvalue weighted by atomic mass is 32.2. The van der Waals surface area contributed by atoms with Crippen molar-refractivity contribution in [1.29, 1.82) is 0 Å². The molecule has 108 valence electrons. The fraction of sp³-hybridized carbons (Fsp3) is 0.500.